The molecule has 0 bridgehead atoms. The quantitative estimate of drug-likeness (QED) is 0.831. The third-order valence-electron chi connectivity index (χ3n) is 3.09. The smallest absolute Gasteiger partial charge is 0.218 e. The van der Waals surface area contributed by atoms with Gasteiger partial charge in [-0.3, -0.25) is 0 Å². The molecule has 18 heavy (non-hydrogen) atoms. The molecule has 1 aromatic heterocycles. The minimum absolute atomic E-state index is 0.678. The molecule has 0 saturated carbocycles. The van der Waals surface area contributed by atoms with Crippen LogP contribution in [-0.4, -0.2) is 18.1 Å². The van der Waals surface area contributed by atoms with Crippen LogP contribution in [0.3, 0.4) is 0 Å². The fourth-order valence-corrected chi connectivity index (χ4v) is 2.14. The largest absolute Gasteiger partial charge is 0.476 e. The number of ether oxygens (including phenoxy) is 1. The number of nitrogens with zero attached hydrogens (tertiary/aromatic N) is 1. The van der Waals surface area contributed by atoms with Crippen LogP contribution in [0.2, 0.25) is 0 Å². The number of hydrogen-bond acceptors (Lipinski definition) is 3. The third-order valence-corrected chi connectivity index (χ3v) is 3.09. The second-order valence-corrected chi connectivity index (χ2v) is 4.56. The summed E-state index contributed by atoms with van der Waals surface area (Å²) in [5, 5.41) is 3.31. The fraction of sp³-hybridized carbons (Fsp3) is 0.267. The van der Waals surface area contributed by atoms with Gasteiger partial charge < -0.3 is 10.1 Å². The van der Waals surface area contributed by atoms with Gasteiger partial charge in [-0.15, -0.1) is 0 Å². The molecule has 3 nitrogen and oxygen atoms in total. The Balaban J connectivity index is 2.01. The maximum atomic E-state index is 5.67. The SMILES string of the molecule is Cc1cccc(-c2ccc3c(n2)OCCNC3)c1. The minimum Gasteiger partial charge on any atom is -0.476 e. The number of aryl methyl sites for hydroxylation is 1. The van der Waals surface area contributed by atoms with Crippen molar-refractivity contribution < 1.29 is 4.74 Å². The summed E-state index contributed by atoms with van der Waals surface area (Å²) in [7, 11) is 0. The van der Waals surface area contributed by atoms with Gasteiger partial charge in [-0.2, -0.15) is 0 Å². The van der Waals surface area contributed by atoms with Gasteiger partial charge in [0.15, 0.2) is 0 Å². The van der Waals surface area contributed by atoms with Crippen molar-refractivity contribution in [3.05, 3.63) is 47.5 Å². The summed E-state index contributed by atoms with van der Waals surface area (Å²) in [5.74, 6) is 0.763. The van der Waals surface area contributed by atoms with Crippen molar-refractivity contribution in [1.29, 1.82) is 0 Å². The summed E-state index contributed by atoms with van der Waals surface area (Å²) in [5.41, 5.74) is 4.48. The molecule has 3 heteroatoms. The van der Waals surface area contributed by atoms with Gasteiger partial charge >= 0.3 is 0 Å². The zero-order valence-electron chi connectivity index (χ0n) is 10.4. The lowest BCUT2D eigenvalue weighted by molar-refractivity contribution is 0.314. The number of rotatable bonds is 1. The van der Waals surface area contributed by atoms with E-state index >= 15 is 0 Å². The number of hydrogen-bond donors (Lipinski definition) is 1. The van der Waals surface area contributed by atoms with Gasteiger partial charge in [0.25, 0.3) is 0 Å². The Bertz CT molecular complexity index is 566. The molecule has 92 valence electrons. The first-order chi connectivity index (χ1) is 8.83. The molecular formula is C15H16N2O. The van der Waals surface area contributed by atoms with E-state index in [1.165, 1.54) is 5.56 Å². The molecule has 0 amide bonds. The topological polar surface area (TPSA) is 34.1 Å². The predicted octanol–water partition coefficient (Wildman–Crippen LogP) is 2.54. The van der Waals surface area contributed by atoms with E-state index in [0.29, 0.717) is 6.61 Å². The van der Waals surface area contributed by atoms with E-state index in [1.807, 2.05) is 0 Å². The van der Waals surface area contributed by atoms with Crippen LogP contribution in [0.4, 0.5) is 0 Å². The van der Waals surface area contributed by atoms with E-state index in [2.05, 4.69) is 53.6 Å². The average molecular weight is 240 g/mol. The number of nitrogens with one attached hydrogen (secondary N) is 1. The molecule has 1 N–H and O–H groups in total. The highest BCUT2D eigenvalue weighted by atomic mass is 16.5. The molecule has 0 aliphatic carbocycles. The van der Waals surface area contributed by atoms with Gasteiger partial charge in [0.05, 0.1) is 5.69 Å². The van der Waals surface area contributed by atoms with E-state index in [1.54, 1.807) is 0 Å². The first kappa shape index (κ1) is 11.2. The van der Waals surface area contributed by atoms with Crippen LogP contribution in [0.25, 0.3) is 11.3 Å². The van der Waals surface area contributed by atoms with Crippen molar-refractivity contribution in [2.75, 3.05) is 13.2 Å². The zero-order chi connectivity index (χ0) is 12.4. The lowest BCUT2D eigenvalue weighted by Gasteiger charge is -2.08. The first-order valence-corrected chi connectivity index (χ1v) is 6.23. The van der Waals surface area contributed by atoms with Crippen LogP contribution in [0.1, 0.15) is 11.1 Å². The highest BCUT2D eigenvalue weighted by molar-refractivity contribution is 5.61. The molecule has 3 rings (SSSR count). The van der Waals surface area contributed by atoms with Gasteiger partial charge in [-0.25, -0.2) is 4.98 Å². The van der Waals surface area contributed by atoms with Gasteiger partial charge in [0.2, 0.25) is 5.88 Å². The average Bonchev–Trinajstić information content (AvgIpc) is 2.63. The number of benzene rings is 1. The van der Waals surface area contributed by atoms with Crippen molar-refractivity contribution in [1.82, 2.24) is 10.3 Å². The Morgan fingerprint density at radius 3 is 3.06 bits per heavy atom. The minimum atomic E-state index is 0.678. The molecule has 1 aliphatic heterocycles. The summed E-state index contributed by atoms with van der Waals surface area (Å²) in [6.45, 7) is 4.47. The van der Waals surface area contributed by atoms with Crippen LogP contribution in [0.15, 0.2) is 36.4 Å². The highest BCUT2D eigenvalue weighted by Crippen LogP contribution is 2.24. The summed E-state index contributed by atoms with van der Waals surface area (Å²) in [4.78, 5) is 4.62. The van der Waals surface area contributed by atoms with E-state index < -0.39 is 0 Å². The summed E-state index contributed by atoms with van der Waals surface area (Å²) >= 11 is 0. The Kier molecular flexibility index (Phi) is 2.99. The van der Waals surface area contributed by atoms with E-state index in [9.17, 15) is 0 Å². The molecule has 0 spiro atoms. The maximum absolute atomic E-state index is 5.67. The molecule has 0 saturated heterocycles. The van der Waals surface area contributed by atoms with Crippen LogP contribution < -0.4 is 10.1 Å². The Morgan fingerprint density at radius 1 is 1.22 bits per heavy atom. The summed E-state index contributed by atoms with van der Waals surface area (Å²) in [6.07, 6.45) is 0. The molecule has 0 fully saturated rings. The molecule has 1 aliphatic rings. The monoisotopic (exact) mass is 240 g/mol. The highest BCUT2D eigenvalue weighted by Gasteiger charge is 2.11. The zero-order valence-corrected chi connectivity index (χ0v) is 10.4. The predicted molar refractivity (Wildman–Crippen MR) is 71.6 cm³/mol. The normalized spacial score (nSPS) is 14.5. The Morgan fingerprint density at radius 2 is 2.17 bits per heavy atom. The van der Waals surface area contributed by atoms with Crippen LogP contribution in [0, 0.1) is 6.92 Å². The Labute approximate surface area is 107 Å². The number of aromatic nitrogens is 1. The number of pyridine rings is 1. The molecule has 0 atom stereocenters. The summed E-state index contributed by atoms with van der Waals surface area (Å²) in [6, 6.07) is 12.5. The molecule has 2 heterocycles. The van der Waals surface area contributed by atoms with Crippen LogP contribution in [-0.2, 0) is 6.54 Å². The standard InChI is InChI=1S/C15H16N2O/c1-11-3-2-4-12(9-11)14-6-5-13-10-16-7-8-18-15(13)17-14/h2-6,9,16H,7-8,10H2,1H3. The van der Waals surface area contributed by atoms with E-state index in [4.69, 9.17) is 4.74 Å². The number of fused-ring (bicyclic) bond motifs is 1. The van der Waals surface area contributed by atoms with Gasteiger partial charge in [0.1, 0.15) is 6.61 Å². The molecule has 0 radical (unpaired) electrons. The first-order valence-electron chi connectivity index (χ1n) is 6.23. The molecule has 0 unspecified atom stereocenters. The molecule has 1 aromatic carbocycles. The van der Waals surface area contributed by atoms with Crippen LogP contribution in [0.5, 0.6) is 5.88 Å². The maximum Gasteiger partial charge on any atom is 0.218 e. The van der Waals surface area contributed by atoms with Crippen LogP contribution >= 0.6 is 0 Å². The molecular weight excluding hydrogens is 224 g/mol. The van der Waals surface area contributed by atoms with Crippen molar-refractivity contribution >= 4 is 0 Å². The van der Waals surface area contributed by atoms with Crippen molar-refractivity contribution in [2.24, 2.45) is 0 Å². The summed E-state index contributed by atoms with van der Waals surface area (Å²) < 4.78 is 5.67. The lowest BCUT2D eigenvalue weighted by Crippen LogP contribution is -2.16. The fourth-order valence-electron chi connectivity index (χ4n) is 2.14. The van der Waals surface area contributed by atoms with E-state index in [-0.39, 0.29) is 0 Å². The van der Waals surface area contributed by atoms with Gasteiger partial charge in [0, 0.05) is 24.2 Å². The van der Waals surface area contributed by atoms with Gasteiger partial charge in [-0.1, -0.05) is 29.8 Å². The third kappa shape index (κ3) is 2.22. The molecule has 2 aromatic rings. The van der Waals surface area contributed by atoms with Crippen molar-refractivity contribution in [3.8, 4) is 17.1 Å². The van der Waals surface area contributed by atoms with Crippen molar-refractivity contribution in [2.45, 2.75) is 13.5 Å². The van der Waals surface area contributed by atoms with Gasteiger partial charge in [-0.05, 0) is 19.1 Å². The van der Waals surface area contributed by atoms with E-state index in [0.717, 1.165) is 35.8 Å². The Hall–Kier alpha value is -1.87. The lowest BCUT2D eigenvalue weighted by atomic mass is 10.1. The van der Waals surface area contributed by atoms with Crippen molar-refractivity contribution in [3.63, 3.8) is 0 Å². The second kappa shape index (κ2) is 4.78. The second-order valence-electron chi connectivity index (χ2n) is 4.56.